The fourth-order valence-electron chi connectivity index (χ4n) is 0.948. The van der Waals surface area contributed by atoms with Gasteiger partial charge in [0.05, 0.1) is 11.4 Å². The van der Waals surface area contributed by atoms with E-state index in [4.69, 9.17) is 10.4 Å². The summed E-state index contributed by atoms with van der Waals surface area (Å²) in [4.78, 5) is 0. The molecule has 0 saturated heterocycles. The number of hydrogen-bond acceptors (Lipinski definition) is 6. The summed E-state index contributed by atoms with van der Waals surface area (Å²) in [6, 6.07) is 0. The summed E-state index contributed by atoms with van der Waals surface area (Å²) >= 11 is 0. The van der Waals surface area contributed by atoms with Crippen LogP contribution in [-0.4, -0.2) is 48.0 Å². The maximum atomic E-state index is 8.36. The lowest BCUT2D eigenvalue weighted by molar-refractivity contribution is 0.317. The molecule has 0 amide bonds. The van der Waals surface area contributed by atoms with Gasteiger partial charge in [-0.15, -0.1) is 0 Å². The summed E-state index contributed by atoms with van der Waals surface area (Å²) in [5.41, 5.74) is 1.34. The van der Waals surface area contributed by atoms with E-state index in [0.29, 0.717) is 24.5 Å². The molecule has 0 aromatic carbocycles. The highest BCUT2D eigenvalue weighted by atomic mass is 16.4. The molecule has 0 radical (unpaired) electrons. The summed E-state index contributed by atoms with van der Waals surface area (Å²) in [7, 11) is 0. The summed E-state index contributed by atoms with van der Waals surface area (Å²) in [6.07, 6.45) is 0.970. The molecular weight excluding hydrogens is 196 g/mol. The molecular formula is C9H20N4O2. The maximum Gasteiger partial charge on any atom is 0.0677 e. The fourth-order valence-corrected chi connectivity index (χ4v) is 0.948. The molecule has 0 aliphatic rings. The van der Waals surface area contributed by atoms with Crippen LogP contribution in [0.2, 0.25) is 0 Å². The smallest absolute Gasteiger partial charge is 0.0677 e. The third-order valence-corrected chi connectivity index (χ3v) is 1.81. The van der Waals surface area contributed by atoms with E-state index in [2.05, 4.69) is 20.9 Å². The van der Waals surface area contributed by atoms with Crippen LogP contribution in [0.5, 0.6) is 0 Å². The molecule has 0 aromatic heterocycles. The lowest BCUT2D eigenvalue weighted by Crippen LogP contribution is -2.27. The molecule has 0 atom stereocenters. The van der Waals surface area contributed by atoms with Crippen LogP contribution in [-0.2, 0) is 0 Å². The molecule has 0 aliphatic heterocycles. The molecule has 6 nitrogen and oxygen atoms in total. The minimum absolute atomic E-state index is 0.605. The van der Waals surface area contributed by atoms with Crippen molar-refractivity contribution in [2.24, 2.45) is 10.3 Å². The van der Waals surface area contributed by atoms with Crippen LogP contribution in [0.25, 0.3) is 0 Å². The van der Waals surface area contributed by atoms with Gasteiger partial charge in [-0.3, -0.25) is 0 Å². The molecule has 0 aliphatic carbocycles. The molecule has 0 heterocycles. The Hall–Kier alpha value is -1.14. The van der Waals surface area contributed by atoms with Gasteiger partial charge >= 0.3 is 0 Å². The number of nitrogens with zero attached hydrogens (tertiary/aromatic N) is 2. The molecule has 15 heavy (non-hydrogen) atoms. The molecule has 0 fully saturated rings. The highest BCUT2D eigenvalue weighted by Gasteiger charge is 1.93. The van der Waals surface area contributed by atoms with Crippen molar-refractivity contribution < 1.29 is 10.4 Å². The average Bonchev–Trinajstić information content (AvgIpc) is 2.26. The van der Waals surface area contributed by atoms with Gasteiger partial charge < -0.3 is 21.0 Å². The van der Waals surface area contributed by atoms with E-state index in [-0.39, 0.29) is 0 Å². The minimum atomic E-state index is 0.605. The van der Waals surface area contributed by atoms with E-state index in [9.17, 15) is 0 Å². The van der Waals surface area contributed by atoms with Crippen molar-refractivity contribution in [3.63, 3.8) is 0 Å². The zero-order valence-corrected chi connectivity index (χ0v) is 9.32. The Morgan fingerprint density at radius 2 is 1.33 bits per heavy atom. The zero-order valence-electron chi connectivity index (χ0n) is 9.32. The summed E-state index contributed by atoms with van der Waals surface area (Å²) in [6.45, 7) is 6.43. The van der Waals surface area contributed by atoms with Crippen molar-refractivity contribution >= 4 is 11.4 Å². The molecule has 0 spiro atoms. The Kier molecular flexibility index (Phi) is 8.70. The third kappa shape index (κ3) is 9.17. The SMILES string of the molecule is CC(CNCCCNCC(C)=NO)=NO. The number of oxime groups is 2. The highest BCUT2D eigenvalue weighted by molar-refractivity contribution is 5.83. The number of hydrogen-bond donors (Lipinski definition) is 4. The van der Waals surface area contributed by atoms with Gasteiger partial charge in [-0.05, 0) is 33.4 Å². The van der Waals surface area contributed by atoms with Crippen LogP contribution in [0.15, 0.2) is 10.3 Å². The molecule has 0 unspecified atom stereocenters. The van der Waals surface area contributed by atoms with Crippen molar-refractivity contribution in [1.29, 1.82) is 0 Å². The zero-order chi connectivity index (χ0) is 11.5. The predicted octanol–water partition coefficient (Wildman–Crippen LogP) is 0.256. The first-order chi connectivity index (χ1) is 7.20. The van der Waals surface area contributed by atoms with Crippen LogP contribution >= 0.6 is 0 Å². The Morgan fingerprint density at radius 1 is 0.933 bits per heavy atom. The Morgan fingerprint density at radius 3 is 1.67 bits per heavy atom. The van der Waals surface area contributed by atoms with Gasteiger partial charge in [0.2, 0.25) is 0 Å². The van der Waals surface area contributed by atoms with Crippen molar-refractivity contribution in [2.45, 2.75) is 20.3 Å². The van der Waals surface area contributed by atoms with E-state index in [1.165, 1.54) is 0 Å². The van der Waals surface area contributed by atoms with Crippen LogP contribution < -0.4 is 10.6 Å². The molecule has 4 N–H and O–H groups in total. The van der Waals surface area contributed by atoms with Crippen molar-refractivity contribution in [3.8, 4) is 0 Å². The van der Waals surface area contributed by atoms with Crippen LogP contribution in [0.1, 0.15) is 20.3 Å². The molecule has 0 saturated carbocycles. The summed E-state index contributed by atoms with van der Waals surface area (Å²) < 4.78 is 0. The number of rotatable bonds is 8. The minimum Gasteiger partial charge on any atom is -0.411 e. The van der Waals surface area contributed by atoms with Crippen LogP contribution in [0.4, 0.5) is 0 Å². The lowest BCUT2D eigenvalue weighted by atomic mass is 10.3. The predicted molar refractivity (Wildman–Crippen MR) is 60.1 cm³/mol. The van der Waals surface area contributed by atoms with Crippen LogP contribution in [0, 0.1) is 0 Å². The molecule has 88 valence electrons. The van der Waals surface area contributed by atoms with Gasteiger partial charge in [0, 0.05) is 13.1 Å². The lowest BCUT2D eigenvalue weighted by Gasteiger charge is -2.04. The Balaban J connectivity index is 3.19. The van der Waals surface area contributed by atoms with Gasteiger partial charge in [0.1, 0.15) is 0 Å². The monoisotopic (exact) mass is 216 g/mol. The first-order valence-electron chi connectivity index (χ1n) is 4.97. The summed E-state index contributed by atoms with van der Waals surface area (Å²) in [5, 5.41) is 29.1. The van der Waals surface area contributed by atoms with E-state index in [1.54, 1.807) is 13.8 Å². The average molecular weight is 216 g/mol. The third-order valence-electron chi connectivity index (χ3n) is 1.81. The van der Waals surface area contributed by atoms with E-state index < -0.39 is 0 Å². The van der Waals surface area contributed by atoms with E-state index in [1.807, 2.05) is 0 Å². The van der Waals surface area contributed by atoms with Crippen molar-refractivity contribution in [1.82, 2.24) is 10.6 Å². The molecule has 0 bridgehead atoms. The van der Waals surface area contributed by atoms with Gasteiger partial charge in [-0.1, -0.05) is 10.3 Å². The van der Waals surface area contributed by atoms with Crippen molar-refractivity contribution in [3.05, 3.63) is 0 Å². The van der Waals surface area contributed by atoms with Gasteiger partial charge in [-0.2, -0.15) is 0 Å². The highest BCUT2D eigenvalue weighted by Crippen LogP contribution is 1.77. The largest absolute Gasteiger partial charge is 0.411 e. The summed E-state index contributed by atoms with van der Waals surface area (Å²) in [5.74, 6) is 0. The van der Waals surface area contributed by atoms with Gasteiger partial charge in [0.25, 0.3) is 0 Å². The van der Waals surface area contributed by atoms with Crippen molar-refractivity contribution in [2.75, 3.05) is 26.2 Å². The molecule has 0 aromatic rings. The molecule has 6 heteroatoms. The maximum absolute atomic E-state index is 8.36. The second kappa shape index (κ2) is 9.42. The topological polar surface area (TPSA) is 89.2 Å². The Bertz CT molecular complexity index is 194. The Labute approximate surface area is 90.0 Å². The van der Waals surface area contributed by atoms with E-state index in [0.717, 1.165) is 19.5 Å². The van der Waals surface area contributed by atoms with E-state index >= 15 is 0 Å². The normalized spacial score (nSPS) is 13.2. The van der Waals surface area contributed by atoms with Gasteiger partial charge in [-0.25, -0.2) is 0 Å². The second-order valence-electron chi connectivity index (χ2n) is 3.38. The first kappa shape index (κ1) is 13.9. The van der Waals surface area contributed by atoms with Crippen LogP contribution in [0.3, 0.4) is 0 Å². The first-order valence-corrected chi connectivity index (χ1v) is 4.97. The second-order valence-corrected chi connectivity index (χ2v) is 3.38. The number of nitrogens with one attached hydrogen (secondary N) is 2. The fraction of sp³-hybridized carbons (Fsp3) is 0.778. The molecule has 0 rings (SSSR count). The quantitative estimate of drug-likeness (QED) is 0.203. The van der Waals surface area contributed by atoms with Gasteiger partial charge in [0.15, 0.2) is 0 Å². The standard InChI is InChI=1S/C9H20N4O2/c1-8(12-14)6-10-4-3-5-11-7-9(2)13-15/h10-11,14-15H,3-7H2,1-2H3.